The van der Waals surface area contributed by atoms with Gasteiger partial charge in [0, 0.05) is 24.6 Å². The number of carbonyl (C=O) groups is 1. The molecule has 1 heterocycles. The van der Waals surface area contributed by atoms with E-state index >= 15 is 4.39 Å². The highest BCUT2D eigenvalue weighted by Crippen LogP contribution is 2.44. The molecule has 0 aromatic heterocycles. The van der Waals surface area contributed by atoms with Gasteiger partial charge in [0.25, 0.3) is 0 Å². The summed E-state index contributed by atoms with van der Waals surface area (Å²) in [5.41, 5.74) is 1.58. The first-order valence-electron chi connectivity index (χ1n) is 11.6. The minimum Gasteiger partial charge on any atom is -0.486 e. The van der Waals surface area contributed by atoms with Crippen molar-refractivity contribution in [2.24, 2.45) is 5.92 Å². The van der Waals surface area contributed by atoms with Gasteiger partial charge in [0.15, 0.2) is 11.6 Å². The van der Waals surface area contributed by atoms with E-state index < -0.39 is 29.7 Å². The Hall–Kier alpha value is -2.51. The van der Waals surface area contributed by atoms with Crippen molar-refractivity contribution in [3.8, 4) is 5.75 Å². The Balaban J connectivity index is 1.44. The molecule has 2 fully saturated rings. The van der Waals surface area contributed by atoms with Gasteiger partial charge in [0.2, 0.25) is 0 Å². The molecule has 0 amide bonds. The zero-order valence-electron chi connectivity index (χ0n) is 19.2. The standard InChI is InChI=1S/C26H32F2N2O3/c1-30(2)26(19-6-4-3-5-7-19)10-8-17(9-11-26)12-18-13-20(27)14-23(24(18)28)33-21-15-22(25(31)32)29-16-21/h3-7,13-14,17,21-22,29H,8-12,15-16H2,1-2H3,(H,31,32)/t17?,21-,22-,26?/m0/s1. The Kier molecular flexibility index (Phi) is 7.00. The number of benzene rings is 2. The fourth-order valence-corrected chi connectivity index (χ4v) is 5.43. The number of hydrogen-bond donors (Lipinski definition) is 2. The molecule has 5 nitrogen and oxygen atoms in total. The molecule has 1 aliphatic heterocycles. The number of halogens is 2. The quantitative estimate of drug-likeness (QED) is 0.646. The predicted octanol–water partition coefficient (Wildman–Crippen LogP) is 4.35. The van der Waals surface area contributed by atoms with Crippen molar-refractivity contribution >= 4 is 5.97 Å². The summed E-state index contributed by atoms with van der Waals surface area (Å²) in [6.07, 6.45) is 3.93. The summed E-state index contributed by atoms with van der Waals surface area (Å²) in [6, 6.07) is 12.1. The zero-order chi connectivity index (χ0) is 23.6. The van der Waals surface area contributed by atoms with Crippen molar-refractivity contribution < 1.29 is 23.4 Å². The third-order valence-electron chi connectivity index (χ3n) is 7.37. The smallest absolute Gasteiger partial charge is 0.320 e. The Labute approximate surface area is 193 Å². The predicted molar refractivity (Wildman–Crippen MR) is 122 cm³/mol. The topological polar surface area (TPSA) is 61.8 Å². The van der Waals surface area contributed by atoms with E-state index in [4.69, 9.17) is 9.84 Å². The van der Waals surface area contributed by atoms with E-state index in [-0.39, 0.29) is 30.2 Å². The Morgan fingerprint density at radius 2 is 1.88 bits per heavy atom. The number of rotatable bonds is 7. The molecule has 2 atom stereocenters. The van der Waals surface area contributed by atoms with Crippen molar-refractivity contribution in [2.75, 3.05) is 20.6 Å². The monoisotopic (exact) mass is 458 g/mol. The van der Waals surface area contributed by atoms with Gasteiger partial charge in [-0.05, 0) is 69.3 Å². The summed E-state index contributed by atoms with van der Waals surface area (Å²) in [5, 5.41) is 11.9. The van der Waals surface area contributed by atoms with Crippen LogP contribution in [-0.2, 0) is 16.8 Å². The van der Waals surface area contributed by atoms with E-state index in [1.807, 2.05) is 6.07 Å². The SMILES string of the molecule is CN(C)C1(c2ccccc2)CCC(Cc2cc(F)cc(O[C@@H]3CN[C@H](C(=O)O)C3)c2F)CC1. The van der Waals surface area contributed by atoms with Gasteiger partial charge in [-0.2, -0.15) is 0 Å². The molecule has 1 saturated carbocycles. The molecule has 1 saturated heterocycles. The number of carboxylic acids is 1. The molecule has 2 aromatic rings. The van der Waals surface area contributed by atoms with Gasteiger partial charge >= 0.3 is 5.97 Å². The Morgan fingerprint density at radius 1 is 1.18 bits per heavy atom. The molecule has 33 heavy (non-hydrogen) atoms. The van der Waals surface area contributed by atoms with Gasteiger partial charge in [-0.1, -0.05) is 30.3 Å². The Bertz CT molecular complexity index is 975. The van der Waals surface area contributed by atoms with E-state index in [0.717, 1.165) is 31.7 Å². The molecule has 7 heteroatoms. The van der Waals surface area contributed by atoms with E-state index in [2.05, 4.69) is 48.6 Å². The second-order valence-electron chi connectivity index (χ2n) is 9.59. The van der Waals surface area contributed by atoms with Crippen molar-refractivity contribution in [2.45, 2.75) is 56.2 Å². The van der Waals surface area contributed by atoms with Gasteiger partial charge in [-0.15, -0.1) is 0 Å². The van der Waals surface area contributed by atoms with Gasteiger partial charge in [-0.25, -0.2) is 8.78 Å². The minimum absolute atomic E-state index is 0.0390. The summed E-state index contributed by atoms with van der Waals surface area (Å²) in [7, 11) is 4.21. The summed E-state index contributed by atoms with van der Waals surface area (Å²) < 4.78 is 35.2. The highest BCUT2D eigenvalue weighted by atomic mass is 19.1. The molecule has 0 spiro atoms. The molecule has 0 unspecified atom stereocenters. The van der Waals surface area contributed by atoms with Crippen LogP contribution in [0.5, 0.6) is 5.75 Å². The Morgan fingerprint density at radius 3 is 2.48 bits per heavy atom. The molecule has 178 valence electrons. The maximum Gasteiger partial charge on any atom is 0.320 e. The summed E-state index contributed by atoms with van der Waals surface area (Å²) in [4.78, 5) is 13.4. The van der Waals surface area contributed by atoms with Crippen LogP contribution in [0.25, 0.3) is 0 Å². The van der Waals surface area contributed by atoms with Gasteiger partial charge < -0.3 is 15.2 Å². The molecule has 2 N–H and O–H groups in total. The van der Waals surface area contributed by atoms with Crippen molar-refractivity contribution in [3.05, 3.63) is 65.2 Å². The maximum absolute atomic E-state index is 15.2. The number of carboxylic acid groups (broad SMARTS) is 1. The summed E-state index contributed by atoms with van der Waals surface area (Å²) in [6.45, 7) is 0.289. The highest BCUT2D eigenvalue weighted by Gasteiger charge is 2.39. The van der Waals surface area contributed by atoms with Crippen LogP contribution in [0, 0.1) is 17.6 Å². The van der Waals surface area contributed by atoms with Crippen LogP contribution in [0.4, 0.5) is 8.78 Å². The van der Waals surface area contributed by atoms with E-state index in [1.165, 1.54) is 11.6 Å². The van der Waals surface area contributed by atoms with E-state index in [1.54, 1.807) is 0 Å². The van der Waals surface area contributed by atoms with Crippen LogP contribution in [-0.4, -0.2) is 48.8 Å². The first kappa shape index (κ1) is 23.6. The van der Waals surface area contributed by atoms with E-state index in [9.17, 15) is 9.18 Å². The fraction of sp³-hybridized carbons (Fsp3) is 0.500. The van der Waals surface area contributed by atoms with Crippen molar-refractivity contribution in [1.29, 1.82) is 0 Å². The van der Waals surface area contributed by atoms with E-state index in [0.29, 0.717) is 12.0 Å². The van der Waals surface area contributed by atoms with Crippen molar-refractivity contribution in [1.82, 2.24) is 10.2 Å². The number of aliphatic carboxylic acids is 1. The minimum atomic E-state index is -0.969. The van der Waals surface area contributed by atoms with Crippen LogP contribution in [0.15, 0.2) is 42.5 Å². The molecular weight excluding hydrogens is 426 g/mol. The lowest BCUT2D eigenvalue weighted by atomic mass is 9.70. The van der Waals surface area contributed by atoms with Gasteiger partial charge in [0.05, 0.1) is 0 Å². The number of hydrogen-bond acceptors (Lipinski definition) is 4. The molecule has 1 aliphatic carbocycles. The number of ether oxygens (including phenoxy) is 1. The van der Waals surface area contributed by atoms with Crippen LogP contribution in [0.2, 0.25) is 0 Å². The van der Waals surface area contributed by atoms with Crippen molar-refractivity contribution in [3.63, 3.8) is 0 Å². The molecular formula is C26H32F2N2O3. The normalized spacial score (nSPS) is 27.6. The fourth-order valence-electron chi connectivity index (χ4n) is 5.43. The number of nitrogens with one attached hydrogen (secondary N) is 1. The molecule has 0 bridgehead atoms. The van der Waals surface area contributed by atoms with Gasteiger partial charge in [-0.3, -0.25) is 9.69 Å². The van der Waals surface area contributed by atoms with Crippen LogP contribution < -0.4 is 10.1 Å². The second-order valence-corrected chi connectivity index (χ2v) is 9.59. The highest BCUT2D eigenvalue weighted by molar-refractivity contribution is 5.73. The first-order valence-corrected chi connectivity index (χ1v) is 11.6. The van der Waals surface area contributed by atoms with Crippen LogP contribution in [0.1, 0.15) is 43.2 Å². The lowest BCUT2D eigenvalue weighted by Gasteiger charge is -2.45. The molecule has 2 aliphatic rings. The summed E-state index contributed by atoms with van der Waals surface area (Å²) in [5.74, 6) is -1.92. The average Bonchev–Trinajstić information content (AvgIpc) is 3.27. The zero-order valence-corrected chi connectivity index (χ0v) is 19.2. The number of nitrogens with zero attached hydrogens (tertiary/aromatic N) is 1. The molecule has 2 aromatic carbocycles. The summed E-state index contributed by atoms with van der Waals surface area (Å²) >= 11 is 0. The average molecular weight is 459 g/mol. The lowest BCUT2D eigenvalue weighted by molar-refractivity contribution is -0.139. The molecule has 0 radical (unpaired) electrons. The lowest BCUT2D eigenvalue weighted by Crippen LogP contribution is -2.44. The van der Waals surface area contributed by atoms with Gasteiger partial charge in [0.1, 0.15) is 18.0 Å². The van der Waals surface area contributed by atoms with Crippen LogP contribution in [0.3, 0.4) is 0 Å². The third kappa shape index (κ3) is 5.04. The first-order chi connectivity index (χ1) is 15.8. The largest absolute Gasteiger partial charge is 0.486 e. The third-order valence-corrected chi connectivity index (χ3v) is 7.37. The molecule has 4 rings (SSSR count). The van der Waals surface area contributed by atoms with Crippen LogP contribution >= 0.6 is 0 Å². The second kappa shape index (κ2) is 9.77. The maximum atomic E-state index is 15.2.